The minimum atomic E-state index is -0.326. The lowest BCUT2D eigenvalue weighted by atomic mass is 10.2. The molecule has 0 saturated carbocycles. The standard InChI is InChI=1S/C25H28FN3O2S/c1-18(2)29(25(31)27-22-7-5-4-6-8-22)17-24(30)28(16-23-14-9-19(3)32-23)15-20-10-12-21(26)13-11-20/h4-14,18H,15-17H2,1-3H3,(H,27,31). The van der Waals surface area contributed by atoms with Gasteiger partial charge in [-0.3, -0.25) is 4.79 Å². The third-order valence-electron chi connectivity index (χ3n) is 5.00. The van der Waals surface area contributed by atoms with E-state index in [-0.39, 0.29) is 30.3 Å². The molecule has 0 atom stereocenters. The molecule has 3 amide bonds. The van der Waals surface area contributed by atoms with Gasteiger partial charge in [-0.15, -0.1) is 11.3 Å². The van der Waals surface area contributed by atoms with Gasteiger partial charge in [-0.05, 0) is 62.7 Å². The summed E-state index contributed by atoms with van der Waals surface area (Å²) in [5.41, 5.74) is 1.51. The van der Waals surface area contributed by atoms with Crippen LogP contribution in [0, 0.1) is 12.7 Å². The molecule has 0 aliphatic rings. The van der Waals surface area contributed by atoms with E-state index in [2.05, 4.69) is 5.32 Å². The smallest absolute Gasteiger partial charge is 0.322 e. The molecule has 0 unspecified atom stereocenters. The molecule has 168 valence electrons. The van der Waals surface area contributed by atoms with Crippen molar-refractivity contribution in [1.82, 2.24) is 9.80 Å². The third kappa shape index (κ3) is 6.65. The lowest BCUT2D eigenvalue weighted by Gasteiger charge is -2.30. The van der Waals surface area contributed by atoms with Gasteiger partial charge in [0.15, 0.2) is 0 Å². The summed E-state index contributed by atoms with van der Waals surface area (Å²) in [4.78, 5) is 31.7. The lowest BCUT2D eigenvalue weighted by molar-refractivity contribution is -0.133. The summed E-state index contributed by atoms with van der Waals surface area (Å²) in [6.07, 6.45) is 0. The number of hydrogen-bond acceptors (Lipinski definition) is 3. The number of urea groups is 1. The van der Waals surface area contributed by atoms with E-state index in [0.717, 1.165) is 10.4 Å². The summed E-state index contributed by atoms with van der Waals surface area (Å²) in [5, 5.41) is 2.85. The number of carbonyl (C=O) groups is 2. The number of benzene rings is 2. The van der Waals surface area contributed by atoms with Gasteiger partial charge in [-0.25, -0.2) is 9.18 Å². The molecular formula is C25H28FN3O2S. The van der Waals surface area contributed by atoms with Crippen molar-refractivity contribution in [1.29, 1.82) is 0 Å². The molecule has 1 aromatic heterocycles. The summed E-state index contributed by atoms with van der Waals surface area (Å²) in [6, 6.07) is 18.8. The van der Waals surface area contributed by atoms with Crippen LogP contribution >= 0.6 is 11.3 Å². The summed E-state index contributed by atoms with van der Waals surface area (Å²) in [5.74, 6) is -0.485. The number of carbonyl (C=O) groups excluding carboxylic acids is 2. The zero-order valence-electron chi connectivity index (χ0n) is 18.5. The van der Waals surface area contributed by atoms with Crippen molar-refractivity contribution in [2.24, 2.45) is 0 Å². The van der Waals surface area contributed by atoms with Crippen LogP contribution in [0.2, 0.25) is 0 Å². The summed E-state index contributed by atoms with van der Waals surface area (Å²) >= 11 is 1.63. The van der Waals surface area contributed by atoms with E-state index >= 15 is 0 Å². The first-order valence-electron chi connectivity index (χ1n) is 10.5. The molecule has 0 bridgehead atoms. The van der Waals surface area contributed by atoms with Crippen LogP contribution in [0.25, 0.3) is 0 Å². The number of aryl methyl sites for hydroxylation is 1. The van der Waals surface area contributed by atoms with Gasteiger partial charge in [0.1, 0.15) is 12.4 Å². The number of anilines is 1. The Hall–Kier alpha value is -3.19. The Morgan fingerprint density at radius 3 is 2.25 bits per heavy atom. The molecule has 0 spiro atoms. The quantitative estimate of drug-likeness (QED) is 0.478. The minimum absolute atomic E-state index is 0.0537. The molecule has 7 heteroatoms. The Labute approximate surface area is 192 Å². The molecule has 1 heterocycles. The van der Waals surface area contributed by atoms with Gasteiger partial charge in [0.25, 0.3) is 0 Å². The summed E-state index contributed by atoms with van der Waals surface area (Å²) in [6.45, 7) is 6.50. The van der Waals surface area contributed by atoms with Crippen LogP contribution in [0.15, 0.2) is 66.7 Å². The molecule has 0 radical (unpaired) electrons. The first-order chi connectivity index (χ1) is 15.3. The van der Waals surface area contributed by atoms with Gasteiger partial charge >= 0.3 is 6.03 Å². The molecule has 32 heavy (non-hydrogen) atoms. The molecule has 2 aromatic carbocycles. The maximum Gasteiger partial charge on any atom is 0.322 e. The van der Waals surface area contributed by atoms with Crippen LogP contribution in [0.3, 0.4) is 0 Å². The van der Waals surface area contributed by atoms with Gasteiger partial charge in [0.05, 0.1) is 6.54 Å². The highest BCUT2D eigenvalue weighted by Gasteiger charge is 2.24. The molecule has 0 fully saturated rings. The summed E-state index contributed by atoms with van der Waals surface area (Å²) < 4.78 is 13.3. The van der Waals surface area contributed by atoms with Crippen LogP contribution in [0.4, 0.5) is 14.9 Å². The van der Waals surface area contributed by atoms with E-state index < -0.39 is 0 Å². The van der Waals surface area contributed by atoms with Crippen molar-refractivity contribution in [3.63, 3.8) is 0 Å². The Morgan fingerprint density at radius 2 is 1.66 bits per heavy atom. The molecule has 5 nitrogen and oxygen atoms in total. The first-order valence-corrected chi connectivity index (χ1v) is 11.3. The number of hydrogen-bond donors (Lipinski definition) is 1. The van der Waals surface area contributed by atoms with E-state index in [9.17, 15) is 14.0 Å². The highest BCUT2D eigenvalue weighted by molar-refractivity contribution is 7.11. The first kappa shape index (κ1) is 23.5. The lowest BCUT2D eigenvalue weighted by Crippen LogP contribution is -2.47. The zero-order valence-corrected chi connectivity index (χ0v) is 19.4. The van der Waals surface area contributed by atoms with E-state index in [1.165, 1.54) is 21.9 Å². The average Bonchev–Trinajstić information content (AvgIpc) is 3.18. The maximum absolute atomic E-state index is 13.3. The highest BCUT2D eigenvalue weighted by Crippen LogP contribution is 2.19. The zero-order chi connectivity index (χ0) is 23.1. The van der Waals surface area contributed by atoms with Crippen LogP contribution in [-0.2, 0) is 17.9 Å². The van der Waals surface area contributed by atoms with Gasteiger partial charge < -0.3 is 15.1 Å². The van der Waals surface area contributed by atoms with E-state index in [0.29, 0.717) is 18.8 Å². The SMILES string of the molecule is Cc1ccc(CN(Cc2ccc(F)cc2)C(=O)CN(C(=O)Nc2ccccc2)C(C)C)s1. The fourth-order valence-electron chi connectivity index (χ4n) is 3.25. The van der Waals surface area contributed by atoms with Crippen LogP contribution in [0.5, 0.6) is 0 Å². The number of rotatable bonds is 8. The highest BCUT2D eigenvalue weighted by atomic mass is 32.1. The molecule has 0 aliphatic heterocycles. The number of thiophene rings is 1. The van der Waals surface area contributed by atoms with Crippen molar-refractivity contribution in [2.45, 2.75) is 39.9 Å². The molecule has 3 rings (SSSR count). The maximum atomic E-state index is 13.3. The second-order valence-electron chi connectivity index (χ2n) is 7.91. The van der Waals surface area contributed by atoms with Crippen molar-refractivity contribution >= 4 is 29.0 Å². The summed E-state index contributed by atoms with van der Waals surface area (Å²) in [7, 11) is 0. The van der Waals surface area contributed by atoms with Gasteiger partial charge in [0.2, 0.25) is 5.91 Å². The van der Waals surface area contributed by atoms with Crippen LogP contribution in [-0.4, -0.2) is 34.3 Å². The van der Waals surface area contributed by atoms with Gasteiger partial charge in [-0.1, -0.05) is 30.3 Å². The number of halogens is 1. The Morgan fingerprint density at radius 1 is 0.969 bits per heavy atom. The largest absolute Gasteiger partial charge is 0.332 e. The Bertz CT molecular complexity index is 1030. The Kier molecular flexibility index (Phi) is 8.00. The monoisotopic (exact) mass is 453 g/mol. The second-order valence-corrected chi connectivity index (χ2v) is 9.28. The topological polar surface area (TPSA) is 52.7 Å². The number of para-hydroxylation sites is 1. The van der Waals surface area contributed by atoms with E-state index in [1.807, 2.05) is 51.1 Å². The van der Waals surface area contributed by atoms with Crippen molar-refractivity contribution in [3.8, 4) is 0 Å². The normalized spacial score (nSPS) is 10.8. The van der Waals surface area contributed by atoms with Gasteiger partial charge in [0, 0.05) is 28.0 Å². The predicted octanol–water partition coefficient (Wildman–Crippen LogP) is 5.67. The van der Waals surface area contributed by atoms with Crippen molar-refractivity contribution < 1.29 is 14.0 Å². The molecule has 1 N–H and O–H groups in total. The molecule has 3 aromatic rings. The Balaban J connectivity index is 1.76. The van der Waals surface area contributed by atoms with Crippen LogP contribution < -0.4 is 5.32 Å². The number of nitrogens with zero attached hydrogens (tertiary/aromatic N) is 2. The molecular weight excluding hydrogens is 425 g/mol. The van der Waals surface area contributed by atoms with E-state index in [1.54, 1.807) is 40.5 Å². The van der Waals surface area contributed by atoms with Gasteiger partial charge in [-0.2, -0.15) is 0 Å². The second kappa shape index (κ2) is 10.9. The minimum Gasteiger partial charge on any atom is -0.332 e. The van der Waals surface area contributed by atoms with E-state index in [4.69, 9.17) is 0 Å². The predicted molar refractivity (Wildman–Crippen MR) is 127 cm³/mol. The number of nitrogens with one attached hydrogen (secondary N) is 1. The number of amides is 3. The average molecular weight is 454 g/mol. The molecule has 0 saturated heterocycles. The van der Waals surface area contributed by atoms with Crippen LogP contribution in [0.1, 0.15) is 29.2 Å². The van der Waals surface area contributed by atoms with Crippen molar-refractivity contribution in [3.05, 3.63) is 87.9 Å². The fourth-order valence-corrected chi connectivity index (χ4v) is 4.16. The fraction of sp³-hybridized carbons (Fsp3) is 0.280. The molecule has 0 aliphatic carbocycles. The third-order valence-corrected chi connectivity index (χ3v) is 5.98. The van der Waals surface area contributed by atoms with Crippen molar-refractivity contribution in [2.75, 3.05) is 11.9 Å².